The molecular formula is C14H23BrN2. The second-order valence-electron chi connectivity index (χ2n) is 4.67. The van der Waals surface area contributed by atoms with Crippen LogP contribution < -0.4 is 5.73 Å². The zero-order valence-electron chi connectivity index (χ0n) is 10.8. The van der Waals surface area contributed by atoms with E-state index in [4.69, 9.17) is 5.73 Å². The minimum atomic E-state index is 0.239. The third-order valence-electron chi connectivity index (χ3n) is 3.16. The molecule has 1 heterocycles. The van der Waals surface area contributed by atoms with Crippen LogP contribution in [0.3, 0.4) is 0 Å². The maximum absolute atomic E-state index is 6.31. The van der Waals surface area contributed by atoms with Crippen molar-refractivity contribution >= 4 is 15.9 Å². The van der Waals surface area contributed by atoms with Gasteiger partial charge < -0.3 is 5.73 Å². The number of hydrogen-bond acceptors (Lipinski definition) is 2. The average Bonchev–Trinajstić information content (AvgIpc) is 2.32. The lowest BCUT2D eigenvalue weighted by Gasteiger charge is -2.22. The van der Waals surface area contributed by atoms with Crippen molar-refractivity contribution in [1.82, 2.24) is 4.98 Å². The second-order valence-corrected chi connectivity index (χ2v) is 5.59. The lowest BCUT2D eigenvalue weighted by molar-refractivity contribution is 0.358. The zero-order chi connectivity index (χ0) is 12.7. The summed E-state index contributed by atoms with van der Waals surface area (Å²) in [5.74, 6) is 0.635. The first-order chi connectivity index (χ1) is 8.17. The molecule has 1 unspecified atom stereocenters. The van der Waals surface area contributed by atoms with Crippen molar-refractivity contribution in [2.24, 2.45) is 11.7 Å². The summed E-state index contributed by atoms with van der Waals surface area (Å²) in [6.07, 6.45) is 7.62. The topological polar surface area (TPSA) is 38.9 Å². The minimum Gasteiger partial charge on any atom is -0.327 e. The van der Waals surface area contributed by atoms with Crippen LogP contribution in [0.4, 0.5) is 0 Å². The van der Waals surface area contributed by atoms with E-state index in [0.717, 1.165) is 16.6 Å². The lowest BCUT2D eigenvalue weighted by atomic mass is 9.88. The first kappa shape index (κ1) is 14.7. The van der Waals surface area contributed by atoms with E-state index in [9.17, 15) is 0 Å². The fourth-order valence-corrected chi connectivity index (χ4v) is 2.48. The fourth-order valence-electron chi connectivity index (χ4n) is 2.25. The minimum absolute atomic E-state index is 0.239. The van der Waals surface area contributed by atoms with Crippen molar-refractivity contribution in [3.05, 3.63) is 28.5 Å². The van der Waals surface area contributed by atoms with Gasteiger partial charge in [0.25, 0.3) is 0 Å². The number of rotatable bonds is 7. The zero-order valence-corrected chi connectivity index (χ0v) is 12.4. The molecule has 1 atom stereocenters. The van der Waals surface area contributed by atoms with Gasteiger partial charge in [-0.15, -0.1) is 0 Å². The molecule has 2 nitrogen and oxygen atoms in total. The van der Waals surface area contributed by atoms with Crippen molar-refractivity contribution in [2.75, 3.05) is 0 Å². The highest BCUT2D eigenvalue weighted by molar-refractivity contribution is 9.10. The summed E-state index contributed by atoms with van der Waals surface area (Å²) in [6, 6.07) is 4.33. The molecule has 2 N–H and O–H groups in total. The summed E-state index contributed by atoms with van der Waals surface area (Å²) < 4.78 is 1.02. The van der Waals surface area contributed by atoms with Gasteiger partial charge in [0.1, 0.15) is 0 Å². The molecule has 1 aromatic rings. The van der Waals surface area contributed by atoms with E-state index < -0.39 is 0 Å². The van der Waals surface area contributed by atoms with Crippen molar-refractivity contribution in [2.45, 2.75) is 52.0 Å². The standard InChI is InChI=1S/C14H23BrN2/c1-3-5-11(6-4-2)14(16)9-13-8-7-12(15)10-17-13/h7-8,10-11,14H,3-6,9,16H2,1-2H3. The molecule has 0 aliphatic heterocycles. The third kappa shape index (κ3) is 5.17. The maximum atomic E-state index is 6.31. The Labute approximate surface area is 113 Å². The molecule has 0 bridgehead atoms. The van der Waals surface area contributed by atoms with E-state index in [1.54, 1.807) is 0 Å². The summed E-state index contributed by atoms with van der Waals surface area (Å²) in [4.78, 5) is 4.39. The molecule has 1 aromatic heterocycles. The van der Waals surface area contributed by atoms with Crippen molar-refractivity contribution in [1.29, 1.82) is 0 Å². The smallest absolute Gasteiger partial charge is 0.0420 e. The molecule has 96 valence electrons. The molecule has 0 amide bonds. The Kier molecular flexibility index (Phi) is 6.75. The molecule has 0 spiro atoms. The molecule has 1 rings (SSSR count). The van der Waals surface area contributed by atoms with Gasteiger partial charge in [0.05, 0.1) is 0 Å². The number of halogens is 1. The van der Waals surface area contributed by atoms with E-state index in [0.29, 0.717) is 5.92 Å². The van der Waals surface area contributed by atoms with E-state index in [1.807, 2.05) is 12.3 Å². The highest BCUT2D eigenvalue weighted by atomic mass is 79.9. The largest absolute Gasteiger partial charge is 0.327 e. The van der Waals surface area contributed by atoms with Crippen LogP contribution in [0.1, 0.15) is 45.2 Å². The van der Waals surface area contributed by atoms with Gasteiger partial charge >= 0.3 is 0 Å². The van der Waals surface area contributed by atoms with Crippen LogP contribution in [0.25, 0.3) is 0 Å². The molecule has 0 saturated carbocycles. The Bertz CT molecular complexity index is 305. The van der Waals surface area contributed by atoms with Crippen molar-refractivity contribution in [3.8, 4) is 0 Å². The Balaban J connectivity index is 2.55. The van der Waals surface area contributed by atoms with Crippen LogP contribution in [0.2, 0.25) is 0 Å². The highest BCUT2D eigenvalue weighted by Crippen LogP contribution is 2.19. The number of hydrogen-bond donors (Lipinski definition) is 1. The van der Waals surface area contributed by atoms with Gasteiger partial charge in [-0.05, 0) is 46.8 Å². The summed E-state index contributed by atoms with van der Waals surface area (Å²) in [7, 11) is 0. The van der Waals surface area contributed by atoms with E-state index in [-0.39, 0.29) is 6.04 Å². The van der Waals surface area contributed by atoms with Gasteiger partial charge in [0.2, 0.25) is 0 Å². The molecule has 0 aliphatic carbocycles. The van der Waals surface area contributed by atoms with Crippen LogP contribution in [0.5, 0.6) is 0 Å². The van der Waals surface area contributed by atoms with Gasteiger partial charge in [-0.25, -0.2) is 0 Å². The quantitative estimate of drug-likeness (QED) is 0.828. The molecule has 0 aliphatic rings. The molecular weight excluding hydrogens is 276 g/mol. The summed E-state index contributed by atoms with van der Waals surface area (Å²) in [6.45, 7) is 4.46. The Morgan fingerprint density at radius 3 is 2.35 bits per heavy atom. The first-order valence-electron chi connectivity index (χ1n) is 6.53. The summed E-state index contributed by atoms with van der Waals surface area (Å²) in [5.41, 5.74) is 7.40. The Morgan fingerprint density at radius 1 is 1.24 bits per heavy atom. The van der Waals surface area contributed by atoms with E-state index in [2.05, 4.69) is 40.8 Å². The predicted octanol–water partition coefficient (Wildman–Crippen LogP) is 3.93. The van der Waals surface area contributed by atoms with Crippen LogP contribution in [0.15, 0.2) is 22.8 Å². The first-order valence-corrected chi connectivity index (χ1v) is 7.32. The Morgan fingerprint density at radius 2 is 1.88 bits per heavy atom. The van der Waals surface area contributed by atoms with Crippen LogP contribution in [-0.4, -0.2) is 11.0 Å². The number of pyridine rings is 1. The van der Waals surface area contributed by atoms with Crippen LogP contribution in [-0.2, 0) is 6.42 Å². The highest BCUT2D eigenvalue weighted by Gasteiger charge is 2.16. The number of nitrogens with two attached hydrogens (primary N) is 1. The number of aromatic nitrogens is 1. The SMILES string of the molecule is CCCC(CCC)C(N)Cc1ccc(Br)cn1. The molecule has 0 radical (unpaired) electrons. The van der Waals surface area contributed by atoms with Crippen molar-refractivity contribution < 1.29 is 0 Å². The Hall–Kier alpha value is -0.410. The van der Waals surface area contributed by atoms with Gasteiger partial charge in [0, 0.05) is 28.8 Å². The molecule has 17 heavy (non-hydrogen) atoms. The van der Waals surface area contributed by atoms with E-state index >= 15 is 0 Å². The fraction of sp³-hybridized carbons (Fsp3) is 0.643. The maximum Gasteiger partial charge on any atom is 0.0420 e. The van der Waals surface area contributed by atoms with Crippen LogP contribution in [0, 0.1) is 5.92 Å². The van der Waals surface area contributed by atoms with Gasteiger partial charge in [0.15, 0.2) is 0 Å². The third-order valence-corrected chi connectivity index (χ3v) is 3.63. The molecule has 0 fully saturated rings. The van der Waals surface area contributed by atoms with Gasteiger partial charge in [-0.1, -0.05) is 26.7 Å². The number of nitrogens with zero attached hydrogens (tertiary/aromatic N) is 1. The lowest BCUT2D eigenvalue weighted by Crippen LogP contribution is -2.32. The normalized spacial score (nSPS) is 13.0. The monoisotopic (exact) mass is 298 g/mol. The molecule has 0 saturated heterocycles. The predicted molar refractivity (Wildman–Crippen MR) is 76.9 cm³/mol. The van der Waals surface area contributed by atoms with Crippen LogP contribution >= 0.6 is 15.9 Å². The average molecular weight is 299 g/mol. The van der Waals surface area contributed by atoms with Gasteiger partial charge in [-0.2, -0.15) is 0 Å². The van der Waals surface area contributed by atoms with Crippen molar-refractivity contribution in [3.63, 3.8) is 0 Å². The van der Waals surface area contributed by atoms with Gasteiger partial charge in [-0.3, -0.25) is 4.98 Å². The summed E-state index contributed by atoms with van der Waals surface area (Å²) in [5, 5.41) is 0. The van der Waals surface area contributed by atoms with E-state index in [1.165, 1.54) is 25.7 Å². The summed E-state index contributed by atoms with van der Waals surface area (Å²) >= 11 is 3.40. The molecule has 3 heteroatoms. The second kappa shape index (κ2) is 7.83. The molecule has 0 aromatic carbocycles.